The fourth-order valence-electron chi connectivity index (χ4n) is 2.81. The Morgan fingerprint density at radius 1 is 1.57 bits per heavy atom. The normalized spacial score (nSPS) is 25.0. The number of aromatic nitrogens is 2. The molecule has 2 aromatic rings. The van der Waals surface area contributed by atoms with Gasteiger partial charge in [-0.05, 0) is 38.8 Å². The van der Waals surface area contributed by atoms with E-state index in [1.54, 1.807) is 17.5 Å². The van der Waals surface area contributed by atoms with E-state index in [1.165, 1.54) is 0 Å². The minimum absolute atomic E-state index is 0.0371. The van der Waals surface area contributed by atoms with Crippen LogP contribution in [0.25, 0.3) is 5.65 Å². The summed E-state index contributed by atoms with van der Waals surface area (Å²) in [4.78, 5) is 16.9. The van der Waals surface area contributed by atoms with Gasteiger partial charge in [0.1, 0.15) is 5.65 Å². The zero-order chi connectivity index (χ0) is 15.2. The quantitative estimate of drug-likeness (QED) is 0.884. The van der Waals surface area contributed by atoms with E-state index in [0.29, 0.717) is 23.8 Å². The standard InChI is InChI=1S/C15H18BrN3O2/c1-9-12(8-17-11-6-15(2,21)7-11)18-13-5-10(16)3-4-19(13)14(9)20/h3-5,11,17,21H,6-8H2,1-2H3/t11-,15-. The highest BCUT2D eigenvalue weighted by Crippen LogP contribution is 2.31. The Hall–Kier alpha value is -1.24. The van der Waals surface area contributed by atoms with Crippen LogP contribution >= 0.6 is 15.9 Å². The van der Waals surface area contributed by atoms with Gasteiger partial charge in [0.2, 0.25) is 0 Å². The lowest BCUT2D eigenvalue weighted by Gasteiger charge is -2.41. The van der Waals surface area contributed by atoms with Crippen LogP contribution in [0.1, 0.15) is 31.0 Å². The minimum Gasteiger partial charge on any atom is -0.390 e. The minimum atomic E-state index is -0.548. The van der Waals surface area contributed by atoms with Crippen molar-refractivity contribution >= 4 is 21.6 Å². The Labute approximate surface area is 131 Å². The molecule has 21 heavy (non-hydrogen) atoms. The number of nitrogens with zero attached hydrogens (tertiary/aromatic N) is 2. The van der Waals surface area contributed by atoms with Crippen molar-refractivity contribution in [1.29, 1.82) is 0 Å². The molecule has 0 spiro atoms. The zero-order valence-corrected chi connectivity index (χ0v) is 13.6. The van der Waals surface area contributed by atoms with Crippen molar-refractivity contribution < 1.29 is 5.11 Å². The van der Waals surface area contributed by atoms with Crippen molar-refractivity contribution in [2.75, 3.05) is 0 Å². The molecule has 0 bridgehead atoms. The largest absolute Gasteiger partial charge is 0.390 e. The summed E-state index contributed by atoms with van der Waals surface area (Å²) in [6.07, 6.45) is 3.20. The van der Waals surface area contributed by atoms with Gasteiger partial charge < -0.3 is 10.4 Å². The lowest BCUT2D eigenvalue weighted by atomic mass is 9.77. The maximum Gasteiger partial charge on any atom is 0.261 e. The van der Waals surface area contributed by atoms with Gasteiger partial charge in [-0.2, -0.15) is 0 Å². The number of aliphatic hydroxyl groups is 1. The number of nitrogens with one attached hydrogen (secondary N) is 1. The third-order valence-corrected chi connectivity index (χ3v) is 4.54. The van der Waals surface area contributed by atoms with E-state index in [0.717, 1.165) is 23.0 Å². The van der Waals surface area contributed by atoms with Crippen LogP contribution in [0.15, 0.2) is 27.6 Å². The zero-order valence-electron chi connectivity index (χ0n) is 12.1. The van der Waals surface area contributed by atoms with Crippen LogP contribution in [-0.2, 0) is 6.54 Å². The molecule has 0 atom stereocenters. The second-order valence-electron chi connectivity index (χ2n) is 6.04. The smallest absolute Gasteiger partial charge is 0.261 e. The Morgan fingerprint density at radius 3 is 2.95 bits per heavy atom. The third kappa shape index (κ3) is 2.88. The molecule has 0 aromatic carbocycles. The maximum absolute atomic E-state index is 12.3. The van der Waals surface area contributed by atoms with Gasteiger partial charge in [0.05, 0.1) is 11.3 Å². The van der Waals surface area contributed by atoms with Crippen molar-refractivity contribution in [3.63, 3.8) is 0 Å². The van der Waals surface area contributed by atoms with E-state index >= 15 is 0 Å². The lowest BCUT2D eigenvalue weighted by Crippen LogP contribution is -2.51. The average molecular weight is 352 g/mol. The van der Waals surface area contributed by atoms with Crippen molar-refractivity contribution in [2.45, 2.75) is 44.9 Å². The van der Waals surface area contributed by atoms with Gasteiger partial charge in [0.15, 0.2) is 0 Å². The van der Waals surface area contributed by atoms with E-state index in [-0.39, 0.29) is 5.56 Å². The molecule has 1 fully saturated rings. The van der Waals surface area contributed by atoms with E-state index in [2.05, 4.69) is 26.2 Å². The molecule has 112 valence electrons. The van der Waals surface area contributed by atoms with Crippen LogP contribution in [0.5, 0.6) is 0 Å². The van der Waals surface area contributed by atoms with Crippen LogP contribution in [0, 0.1) is 6.92 Å². The van der Waals surface area contributed by atoms with Gasteiger partial charge in [0, 0.05) is 28.8 Å². The molecular weight excluding hydrogens is 334 g/mol. The van der Waals surface area contributed by atoms with Gasteiger partial charge in [-0.15, -0.1) is 0 Å². The molecule has 0 aliphatic heterocycles. The molecule has 0 amide bonds. The lowest BCUT2D eigenvalue weighted by molar-refractivity contribution is -0.0394. The first-order valence-electron chi connectivity index (χ1n) is 6.99. The molecule has 2 N–H and O–H groups in total. The first-order chi connectivity index (χ1) is 9.85. The summed E-state index contributed by atoms with van der Waals surface area (Å²) in [5.41, 5.74) is 1.48. The summed E-state index contributed by atoms with van der Waals surface area (Å²) < 4.78 is 2.45. The molecule has 1 aliphatic carbocycles. The SMILES string of the molecule is Cc1c(CN[C@H]2C[C@](C)(O)C2)nc2cc(Br)ccn2c1=O. The van der Waals surface area contributed by atoms with Gasteiger partial charge in [-0.3, -0.25) is 9.20 Å². The molecule has 2 heterocycles. The number of halogens is 1. The van der Waals surface area contributed by atoms with Crippen molar-refractivity contribution in [2.24, 2.45) is 0 Å². The molecular formula is C15H18BrN3O2. The molecule has 1 aliphatic rings. The van der Waals surface area contributed by atoms with E-state index in [9.17, 15) is 9.90 Å². The second kappa shape index (κ2) is 5.19. The molecule has 1 saturated carbocycles. The number of hydrogen-bond acceptors (Lipinski definition) is 4. The molecule has 2 aromatic heterocycles. The van der Waals surface area contributed by atoms with E-state index in [1.807, 2.05) is 19.1 Å². The highest BCUT2D eigenvalue weighted by molar-refractivity contribution is 9.10. The van der Waals surface area contributed by atoms with E-state index < -0.39 is 5.60 Å². The number of hydrogen-bond donors (Lipinski definition) is 2. The third-order valence-electron chi connectivity index (χ3n) is 4.05. The monoisotopic (exact) mass is 351 g/mol. The highest BCUT2D eigenvalue weighted by Gasteiger charge is 2.37. The predicted molar refractivity (Wildman–Crippen MR) is 84.4 cm³/mol. The Morgan fingerprint density at radius 2 is 2.29 bits per heavy atom. The molecule has 5 nitrogen and oxygen atoms in total. The summed E-state index contributed by atoms with van der Waals surface area (Å²) >= 11 is 3.40. The van der Waals surface area contributed by atoms with Crippen LogP contribution in [-0.4, -0.2) is 26.1 Å². The van der Waals surface area contributed by atoms with Gasteiger partial charge in [0.25, 0.3) is 5.56 Å². The summed E-state index contributed by atoms with van der Waals surface area (Å²) in [5.74, 6) is 0. The number of pyridine rings is 1. The number of rotatable bonds is 3. The van der Waals surface area contributed by atoms with Crippen molar-refractivity contribution in [1.82, 2.24) is 14.7 Å². The van der Waals surface area contributed by atoms with Gasteiger partial charge >= 0.3 is 0 Å². The van der Waals surface area contributed by atoms with Crippen LogP contribution in [0.3, 0.4) is 0 Å². The van der Waals surface area contributed by atoms with Gasteiger partial charge in [-0.25, -0.2) is 4.98 Å². The molecule has 6 heteroatoms. The predicted octanol–water partition coefficient (Wildman–Crippen LogP) is 1.77. The van der Waals surface area contributed by atoms with Gasteiger partial charge in [-0.1, -0.05) is 15.9 Å². The highest BCUT2D eigenvalue weighted by atomic mass is 79.9. The second-order valence-corrected chi connectivity index (χ2v) is 6.96. The molecule has 0 unspecified atom stereocenters. The van der Waals surface area contributed by atoms with E-state index in [4.69, 9.17) is 0 Å². The molecule has 3 rings (SSSR count). The molecule has 0 saturated heterocycles. The Balaban J connectivity index is 1.85. The van der Waals surface area contributed by atoms with Crippen LogP contribution in [0.4, 0.5) is 0 Å². The number of fused-ring (bicyclic) bond motifs is 1. The fraction of sp³-hybridized carbons (Fsp3) is 0.467. The molecule has 0 radical (unpaired) electrons. The Bertz CT molecular complexity index is 746. The average Bonchev–Trinajstić information content (AvgIpc) is 2.38. The fourth-order valence-corrected chi connectivity index (χ4v) is 3.13. The van der Waals surface area contributed by atoms with Crippen LogP contribution in [0.2, 0.25) is 0 Å². The Kier molecular flexibility index (Phi) is 3.63. The summed E-state index contributed by atoms with van der Waals surface area (Å²) in [6.45, 7) is 4.19. The topological polar surface area (TPSA) is 66.6 Å². The maximum atomic E-state index is 12.3. The van der Waals surface area contributed by atoms with Crippen molar-refractivity contribution in [3.8, 4) is 0 Å². The van der Waals surface area contributed by atoms with Crippen LogP contribution < -0.4 is 10.9 Å². The first-order valence-corrected chi connectivity index (χ1v) is 7.78. The summed E-state index contributed by atoms with van der Waals surface area (Å²) in [6, 6.07) is 3.95. The summed E-state index contributed by atoms with van der Waals surface area (Å²) in [5, 5.41) is 13.1. The first kappa shape index (κ1) is 14.7. The summed E-state index contributed by atoms with van der Waals surface area (Å²) in [7, 11) is 0. The van der Waals surface area contributed by atoms with Crippen molar-refractivity contribution in [3.05, 3.63) is 44.4 Å².